The second-order valence-corrected chi connectivity index (χ2v) is 4.18. The third-order valence-electron chi connectivity index (χ3n) is 2.88. The van der Waals surface area contributed by atoms with Crippen molar-refractivity contribution >= 4 is 0 Å². The number of benzene rings is 1. The van der Waals surface area contributed by atoms with Crippen LogP contribution in [0.4, 0.5) is 0 Å². The Morgan fingerprint density at radius 1 is 1.41 bits per heavy atom. The number of rotatable bonds is 4. The smallest absolute Gasteiger partial charge is 0.161 e. The molecule has 3 nitrogen and oxygen atoms in total. The summed E-state index contributed by atoms with van der Waals surface area (Å²) in [4.78, 5) is 0. The van der Waals surface area contributed by atoms with Crippen molar-refractivity contribution < 1.29 is 9.47 Å². The quantitative estimate of drug-likeness (QED) is 0.810. The molecule has 3 heteroatoms. The van der Waals surface area contributed by atoms with E-state index in [1.54, 1.807) is 0 Å². The zero-order valence-electron chi connectivity index (χ0n) is 10.3. The summed E-state index contributed by atoms with van der Waals surface area (Å²) in [7, 11) is 0. The molecule has 0 fully saturated rings. The highest BCUT2D eigenvalue weighted by Crippen LogP contribution is 2.31. The fourth-order valence-corrected chi connectivity index (χ4v) is 1.79. The standard InChI is InChI=1S/C14H19NO2/c1-3-4-9-15-11(2)14-10-16-12-7-5-6-8-13(12)17-14/h3-8,11,14-15H,9-10H2,1-2H3/b4-3+/t11-,14+/m0/s1. The second kappa shape index (κ2) is 5.73. The Bertz CT molecular complexity index is 390. The zero-order valence-corrected chi connectivity index (χ0v) is 10.3. The number of hydrogen-bond acceptors (Lipinski definition) is 3. The van der Waals surface area contributed by atoms with Gasteiger partial charge in [-0.15, -0.1) is 0 Å². The Balaban J connectivity index is 1.93. The van der Waals surface area contributed by atoms with Gasteiger partial charge in [0.15, 0.2) is 11.5 Å². The maximum atomic E-state index is 5.91. The minimum Gasteiger partial charge on any atom is -0.486 e. The third-order valence-corrected chi connectivity index (χ3v) is 2.88. The number of nitrogens with one attached hydrogen (secondary N) is 1. The van der Waals surface area contributed by atoms with Crippen LogP contribution in [0.2, 0.25) is 0 Å². The summed E-state index contributed by atoms with van der Waals surface area (Å²) in [5, 5.41) is 3.39. The first-order valence-corrected chi connectivity index (χ1v) is 6.04. The van der Waals surface area contributed by atoms with Crippen LogP contribution in [0.3, 0.4) is 0 Å². The van der Waals surface area contributed by atoms with Gasteiger partial charge in [0.05, 0.1) is 0 Å². The molecule has 0 radical (unpaired) electrons. The summed E-state index contributed by atoms with van der Waals surface area (Å²) >= 11 is 0. The molecule has 2 rings (SSSR count). The van der Waals surface area contributed by atoms with Gasteiger partial charge in [0.2, 0.25) is 0 Å². The van der Waals surface area contributed by atoms with E-state index in [1.165, 1.54) is 0 Å². The number of ether oxygens (including phenoxy) is 2. The van der Waals surface area contributed by atoms with Crippen molar-refractivity contribution in [1.82, 2.24) is 5.32 Å². The van der Waals surface area contributed by atoms with Gasteiger partial charge in [-0.25, -0.2) is 0 Å². The van der Waals surface area contributed by atoms with Gasteiger partial charge >= 0.3 is 0 Å². The topological polar surface area (TPSA) is 30.5 Å². The number of hydrogen-bond donors (Lipinski definition) is 1. The van der Waals surface area contributed by atoms with E-state index in [9.17, 15) is 0 Å². The largest absolute Gasteiger partial charge is 0.486 e. The molecule has 1 heterocycles. The highest BCUT2D eigenvalue weighted by atomic mass is 16.6. The van der Waals surface area contributed by atoms with E-state index in [2.05, 4.69) is 18.3 Å². The Morgan fingerprint density at radius 2 is 2.18 bits per heavy atom. The predicted octanol–water partition coefficient (Wildman–Crippen LogP) is 2.38. The molecule has 0 unspecified atom stereocenters. The summed E-state index contributed by atoms with van der Waals surface area (Å²) in [5.74, 6) is 1.67. The van der Waals surface area contributed by atoms with Gasteiger partial charge in [0.25, 0.3) is 0 Å². The van der Waals surface area contributed by atoms with Gasteiger partial charge in [0.1, 0.15) is 12.7 Å². The molecular formula is C14H19NO2. The van der Waals surface area contributed by atoms with E-state index in [-0.39, 0.29) is 12.1 Å². The van der Waals surface area contributed by atoms with Crippen LogP contribution >= 0.6 is 0 Å². The first-order valence-electron chi connectivity index (χ1n) is 6.04. The molecule has 0 spiro atoms. The average molecular weight is 233 g/mol. The van der Waals surface area contributed by atoms with Gasteiger partial charge in [-0.05, 0) is 26.0 Å². The maximum absolute atomic E-state index is 5.91. The van der Waals surface area contributed by atoms with Gasteiger partial charge in [-0.1, -0.05) is 24.3 Å². The Labute approximate surface area is 102 Å². The normalized spacial score (nSPS) is 20.5. The Hall–Kier alpha value is -1.48. The van der Waals surface area contributed by atoms with Crippen LogP contribution in [0.25, 0.3) is 0 Å². The second-order valence-electron chi connectivity index (χ2n) is 4.18. The SMILES string of the molecule is C/C=C/CN[C@@H](C)[C@H]1COc2ccccc2O1. The minimum absolute atomic E-state index is 0.0650. The molecule has 0 aromatic heterocycles. The Morgan fingerprint density at radius 3 is 2.94 bits per heavy atom. The lowest BCUT2D eigenvalue weighted by Crippen LogP contribution is -2.46. The first kappa shape index (κ1) is 12.0. The molecule has 0 saturated carbocycles. The molecule has 17 heavy (non-hydrogen) atoms. The van der Waals surface area contributed by atoms with Crippen molar-refractivity contribution in [3.8, 4) is 11.5 Å². The zero-order chi connectivity index (χ0) is 12.1. The van der Waals surface area contributed by atoms with E-state index < -0.39 is 0 Å². The third kappa shape index (κ3) is 3.01. The first-order chi connectivity index (χ1) is 8.31. The molecule has 0 bridgehead atoms. The predicted molar refractivity (Wildman–Crippen MR) is 68.6 cm³/mol. The molecule has 1 aliphatic heterocycles. The van der Waals surface area contributed by atoms with Crippen LogP contribution in [0.1, 0.15) is 13.8 Å². The van der Waals surface area contributed by atoms with Crippen molar-refractivity contribution in [1.29, 1.82) is 0 Å². The van der Waals surface area contributed by atoms with Gasteiger partial charge in [-0.2, -0.15) is 0 Å². The molecule has 1 aliphatic rings. The highest BCUT2D eigenvalue weighted by Gasteiger charge is 2.25. The summed E-state index contributed by atoms with van der Waals surface area (Å²) in [6.45, 7) is 5.59. The van der Waals surface area contributed by atoms with E-state index in [4.69, 9.17) is 9.47 Å². The van der Waals surface area contributed by atoms with E-state index in [0.717, 1.165) is 18.0 Å². The van der Waals surface area contributed by atoms with Crippen LogP contribution in [0.15, 0.2) is 36.4 Å². The molecular weight excluding hydrogens is 214 g/mol. The van der Waals surface area contributed by atoms with Crippen LogP contribution in [-0.2, 0) is 0 Å². The average Bonchev–Trinajstić information content (AvgIpc) is 2.38. The van der Waals surface area contributed by atoms with Crippen molar-refractivity contribution in [2.45, 2.75) is 26.0 Å². The lowest BCUT2D eigenvalue weighted by Gasteiger charge is -2.30. The van der Waals surface area contributed by atoms with Crippen molar-refractivity contribution in [2.24, 2.45) is 0 Å². The minimum atomic E-state index is 0.0650. The summed E-state index contributed by atoms with van der Waals surface area (Å²) < 4.78 is 11.6. The molecule has 0 amide bonds. The van der Waals surface area contributed by atoms with Crippen LogP contribution < -0.4 is 14.8 Å². The van der Waals surface area contributed by atoms with Crippen molar-refractivity contribution in [3.05, 3.63) is 36.4 Å². The molecule has 1 aromatic rings. The lowest BCUT2D eigenvalue weighted by molar-refractivity contribution is 0.0677. The Kier molecular flexibility index (Phi) is 4.04. The molecule has 1 aromatic carbocycles. The van der Waals surface area contributed by atoms with E-state index in [0.29, 0.717) is 6.61 Å². The van der Waals surface area contributed by atoms with Crippen LogP contribution in [0, 0.1) is 0 Å². The summed E-state index contributed by atoms with van der Waals surface area (Å²) in [6, 6.07) is 8.06. The van der Waals surface area contributed by atoms with Crippen molar-refractivity contribution in [3.63, 3.8) is 0 Å². The fraction of sp³-hybridized carbons (Fsp3) is 0.429. The number of allylic oxidation sites excluding steroid dienone is 1. The van der Waals surface area contributed by atoms with Crippen LogP contribution in [-0.4, -0.2) is 25.3 Å². The summed E-state index contributed by atoms with van der Waals surface area (Å²) in [5.41, 5.74) is 0. The molecule has 1 N–H and O–H groups in total. The van der Waals surface area contributed by atoms with Gasteiger partial charge in [0, 0.05) is 12.6 Å². The molecule has 2 atom stereocenters. The van der Waals surface area contributed by atoms with Crippen molar-refractivity contribution in [2.75, 3.05) is 13.2 Å². The maximum Gasteiger partial charge on any atom is 0.161 e. The number of fused-ring (bicyclic) bond motifs is 1. The molecule has 92 valence electrons. The molecule has 0 saturated heterocycles. The lowest BCUT2D eigenvalue weighted by atomic mass is 10.1. The van der Waals surface area contributed by atoms with E-state index >= 15 is 0 Å². The fourth-order valence-electron chi connectivity index (χ4n) is 1.79. The monoisotopic (exact) mass is 233 g/mol. The highest BCUT2D eigenvalue weighted by molar-refractivity contribution is 5.40. The van der Waals surface area contributed by atoms with E-state index in [1.807, 2.05) is 37.3 Å². The van der Waals surface area contributed by atoms with Crippen LogP contribution in [0.5, 0.6) is 11.5 Å². The number of para-hydroxylation sites is 2. The van der Waals surface area contributed by atoms with Gasteiger partial charge in [-0.3, -0.25) is 0 Å². The van der Waals surface area contributed by atoms with Gasteiger partial charge < -0.3 is 14.8 Å². The summed E-state index contributed by atoms with van der Waals surface area (Å²) in [6.07, 6.45) is 4.19. The molecule has 0 aliphatic carbocycles.